The Morgan fingerprint density at radius 1 is 1.11 bits per heavy atom. The van der Waals surface area contributed by atoms with E-state index in [9.17, 15) is 9.18 Å². The van der Waals surface area contributed by atoms with Crippen molar-refractivity contribution in [1.29, 1.82) is 0 Å². The van der Waals surface area contributed by atoms with E-state index in [1.54, 1.807) is 17.6 Å². The van der Waals surface area contributed by atoms with Crippen LogP contribution in [0, 0.1) is 5.82 Å². The molecule has 2 aliphatic rings. The van der Waals surface area contributed by atoms with Crippen LogP contribution in [0.25, 0.3) is 16.6 Å². The molecule has 0 aliphatic carbocycles. The number of H-pyrrole nitrogens is 1. The van der Waals surface area contributed by atoms with E-state index in [0.717, 1.165) is 55.7 Å². The summed E-state index contributed by atoms with van der Waals surface area (Å²) in [5.41, 5.74) is 4.47. The Balaban J connectivity index is 1.18. The van der Waals surface area contributed by atoms with E-state index >= 15 is 0 Å². The van der Waals surface area contributed by atoms with Crippen molar-refractivity contribution in [2.45, 2.75) is 31.3 Å². The Kier molecular flexibility index (Phi) is 7.06. The molecule has 198 valence electrons. The molecule has 0 radical (unpaired) electrons. The Morgan fingerprint density at radius 3 is 2.74 bits per heavy atom. The number of ether oxygens (including phenoxy) is 1. The molecule has 4 heterocycles. The smallest absolute Gasteiger partial charge is 0.410 e. The zero-order valence-electron chi connectivity index (χ0n) is 21.2. The van der Waals surface area contributed by atoms with Crippen LogP contribution in [0.4, 0.5) is 9.18 Å². The second kappa shape index (κ2) is 10.9. The van der Waals surface area contributed by atoms with Crippen LogP contribution in [-0.2, 0) is 11.2 Å². The van der Waals surface area contributed by atoms with Crippen LogP contribution in [0.3, 0.4) is 0 Å². The SMILES string of the molecule is O=C1OCCN1CC(c1ccc(F)cc1)N1CCNCC1CCCc1c[nH]c2ccc(-n3cnnc3)cc12. The molecule has 9 nitrogen and oxygen atoms in total. The van der Waals surface area contributed by atoms with Gasteiger partial charge in [0.15, 0.2) is 0 Å². The highest BCUT2D eigenvalue weighted by atomic mass is 19.1. The minimum Gasteiger partial charge on any atom is -0.448 e. The van der Waals surface area contributed by atoms with E-state index in [2.05, 4.69) is 49.8 Å². The molecular formula is C28H32FN7O2. The number of fused-ring (bicyclic) bond motifs is 1. The van der Waals surface area contributed by atoms with Crippen molar-refractivity contribution in [2.24, 2.45) is 0 Å². The summed E-state index contributed by atoms with van der Waals surface area (Å²) >= 11 is 0. The molecule has 2 N–H and O–H groups in total. The second-order valence-electron chi connectivity index (χ2n) is 10.0. The summed E-state index contributed by atoms with van der Waals surface area (Å²) in [6.45, 7) is 4.18. The average Bonchev–Trinajstić information content (AvgIpc) is 3.70. The maximum absolute atomic E-state index is 13.7. The lowest BCUT2D eigenvalue weighted by Crippen LogP contribution is -2.54. The first-order chi connectivity index (χ1) is 18.7. The van der Waals surface area contributed by atoms with Crippen LogP contribution in [-0.4, -0.2) is 81.0 Å². The first kappa shape index (κ1) is 24.6. The summed E-state index contributed by atoms with van der Waals surface area (Å²) in [7, 11) is 0. The number of halogens is 1. The average molecular weight is 518 g/mol. The van der Waals surface area contributed by atoms with Gasteiger partial charge in [-0.15, -0.1) is 10.2 Å². The van der Waals surface area contributed by atoms with Gasteiger partial charge in [-0.2, -0.15) is 0 Å². The summed E-state index contributed by atoms with van der Waals surface area (Å²) in [5, 5.41) is 12.6. The number of cyclic esters (lactones) is 1. The van der Waals surface area contributed by atoms with Crippen LogP contribution in [0.5, 0.6) is 0 Å². The molecule has 2 aliphatic heterocycles. The molecule has 2 unspecified atom stereocenters. The van der Waals surface area contributed by atoms with Crippen molar-refractivity contribution in [3.63, 3.8) is 0 Å². The van der Waals surface area contributed by atoms with E-state index in [-0.39, 0.29) is 18.0 Å². The number of carbonyl (C=O) groups is 1. The van der Waals surface area contributed by atoms with E-state index in [1.807, 2.05) is 16.7 Å². The van der Waals surface area contributed by atoms with Crippen molar-refractivity contribution in [2.75, 3.05) is 39.3 Å². The van der Waals surface area contributed by atoms with Gasteiger partial charge in [-0.3, -0.25) is 9.47 Å². The molecule has 2 fully saturated rings. The number of carbonyl (C=O) groups excluding carboxylic acids is 1. The lowest BCUT2D eigenvalue weighted by Gasteiger charge is -2.43. The van der Waals surface area contributed by atoms with Crippen LogP contribution >= 0.6 is 0 Å². The fourth-order valence-corrected chi connectivity index (χ4v) is 5.74. The lowest BCUT2D eigenvalue weighted by atomic mass is 9.97. The summed E-state index contributed by atoms with van der Waals surface area (Å²) in [4.78, 5) is 19.9. The Morgan fingerprint density at radius 2 is 1.95 bits per heavy atom. The number of aromatic amines is 1. The standard InChI is InChI=1S/C28H32FN7O2/c29-22-6-4-20(5-7-22)27(17-34-12-13-38-28(34)37)36-11-10-30-16-24(36)3-1-2-21-15-31-26-9-8-23(14-25(21)26)35-18-32-33-19-35/h4-9,14-15,18-19,24,27,30-31H,1-3,10-13,16-17H2. The topological polar surface area (TPSA) is 91.3 Å². The van der Waals surface area contributed by atoms with Gasteiger partial charge in [0.05, 0.1) is 12.6 Å². The third-order valence-electron chi connectivity index (χ3n) is 7.74. The van der Waals surface area contributed by atoms with Crippen molar-refractivity contribution in [1.82, 2.24) is 34.9 Å². The summed E-state index contributed by atoms with van der Waals surface area (Å²) < 4.78 is 20.8. The minimum atomic E-state index is -0.269. The third kappa shape index (κ3) is 5.14. The zero-order chi connectivity index (χ0) is 25.9. The highest BCUT2D eigenvalue weighted by Crippen LogP contribution is 2.29. The maximum atomic E-state index is 13.7. The Hall–Kier alpha value is -3.76. The van der Waals surface area contributed by atoms with Crippen molar-refractivity contribution < 1.29 is 13.9 Å². The maximum Gasteiger partial charge on any atom is 0.410 e. The normalized spacial score (nSPS) is 19.2. The first-order valence-corrected chi connectivity index (χ1v) is 13.2. The van der Waals surface area contributed by atoms with Gasteiger partial charge in [-0.25, -0.2) is 9.18 Å². The lowest BCUT2D eigenvalue weighted by molar-refractivity contribution is 0.0783. The molecule has 0 spiro atoms. The van der Waals surface area contributed by atoms with Gasteiger partial charge in [0.25, 0.3) is 0 Å². The summed E-state index contributed by atoms with van der Waals surface area (Å²) in [6, 6.07) is 13.3. The molecule has 2 atom stereocenters. The summed E-state index contributed by atoms with van der Waals surface area (Å²) in [5.74, 6) is -0.254. The predicted octanol–water partition coefficient (Wildman–Crippen LogP) is 3.68. The monoisotopic (exact) mass is 517 g/mol. The molecule has 10 heteroatoms. The number of piperazine rings is 1. The van der Waals surface area contributed by atoms with Gasteiger partial charge >= 0.3 is 6.09 Å². The van der Waals surface area contributed by atoms with E-state index in [4.69, 9.17) is 4.74 Å². The quantitative estimate of drug-likeness (QED) is 0.352. The molecule has 6 rings (SSSR count). The highest BCUT2D eigenvalue weighted by molar-refractivity contribution is 5.85. The molecule has 0 saturated carbocycles. The van der Waals surface area contributed by atoms with Crippen molar-refractivity contribution in [3.8, 4) is 5.69 Å². The fraction of sp³-hybridized carbons (Fsp3) is 0.393. The van der Waals surface area contributed by atoms with Gasteiger partial charge in [-0.1, -0.05) is 12.1 Å². The molecule has 4 aromatic rings. The molecular weight excluding hydrogens is 485 g/mol. The van der Waals surface area contributed by atoms with Crippen molar-refractivity contribution in [3.05, 3.63) is 78.3 Å². The fourth-order valence-electron chi connectivity index (χ4n) is 5.74. The molecule has 38 heavy (non-hydrogen) atoms. The number of hydrogen-bond acceptors (Lipinski definition) is 6. The van der Waals surface area contributed by atoms with Gasteiger partial charge in [0.1, 0.15) is 25.1 Å². The van der Waals surface area contributed by atoms with Crippen LogP contribution in [0.2, 0.25) is 0 Å². The first-order valence-electron chi connectivity index (χ1n) is 13.2. The number of benzene rings is 2. The molecule has 2 aromatic heterocycles. The number of nitrogens with one attached hydrogen (secondary N) is 2. The van der Waals surface area contributed by atoms with Gasteiger partial charge in [0, 0.05) is 55.0 Å². The number of aromatic nitrogens is 4. The Bertz CT molecular complexity index is 1370. The van der Waals surface area contributed by atoms with Crippen molar-refractivity contribution >= 4 is 17.0 Å². The van der Waals surface area contributed by atoms with Crippen LogP contribution < -0.4 is 5.32 Å². The number of amides is 1. The van der Waals surface area contributed by atoms with E-state index < -0.39 is 0 Å². The number of nitrogens with zero attached hydrogens (tertiary/aromatic N) is 5. The van der Waals surface area contributed by atoms with Gasteiger partial charge < -0.3 is 19.9 Å². The van der Waals surface area contributed by atoms with Gasteiger partial charge in [-0.05, 0) is 60.7 Å². The summed E-state index contributed by atoms with van der Waals surface area (Å²) in [6.07, 6.45) is 8.23. The van der Waals surface area contributed by atoms with Crippen LogP contribution in [0.15, 0.2) is 61.3 Å². The molecule has 2 saturated heterocycles. The number of aryl methyl sites for hydroxylation is 1. The van der Waals surface area contributed by atoms with Gasteiger partial charge in [0.2, 0.25) is 0 Å². The molecule has 2 aromatic carbocycles. The third-order valence-corrected chi connectivity index (χ3v) is 7.74. The molecule has 0 bridgehead atoms. The largest absolute Gasteiger partial charge is 0.448 e. The predicted molar refractivity (Wildman–Crippen MR) is 142 cm³/mol. The van der Waals surface area contributed by atoms with E-state index in [1.165, 1.54) is 23.1 Å². The van der Waals surface area contributed by atoms with Crippen LogP contribution in [0.1, 0.15) is 30.0 Å². The highest BCUT2D eigenvalue weighted by Gasteiger charge is 2.33. The van der Waals surface area contributed by atoms with E-state index in [0.29, 0.717) is 25.7 Å². The number of rotatable bonds is 9. The zero-order valence-corrected chi connectivity index (χ0v) is 21.2. The molecule has 1 amide bonds. The minimum absolute atomic E-state index is 0.0206. The Labute approximate surface area is 220 Å². The number of hydrogen-bond donors (Lipinski definition) is 2. The second-order valence-corrected chi connectivity index (χ2v) is 10.0.